The van der Waals surface area contributed by atoms with Crippen molar-refractivity contribution >= 4 is 27.6 Å². The molecule has 0 radical (unpaired) electrons. The molecule has 0 fully saturated rings. The summed E-state index contributed by atoms with van der Waals surface area (Å²) in [5, 5.41) is 3.82. The van der Waals surface area contributed by atoms with Crippen LogP contribution in [0.4, 0.5) is 0 Å². The fraction of sp³-hybridized carbons (Fsp3) is 0. The fourth-order valence-corrected chi connectivity index (χ4v) is 2.78. The minimum Gasteiger partial charge on any atom is -0.269 e. The lowest BCUT2D eigenvalue weighted by molar-refractivity contribution is 1.08. The van der Waals surface area contributed by atoms with E-state index < -0.39 is 0 Å². The first-order valence-electron chi connectivity index (χ1n) is 4.20. The SMILES string of the molecule is O=c1ccnc2scc(-c3cscn3)n12. The van der Waals surface area contributed by atoms with Gasteiger partial charge in [0.05, 0.1) is 16.9 Å². The van der Waals surface area contributed by atoms with E-state index in [2.05, 4.69) is 9.97 Å². The Kier molecular flexibility index (Phi) is 1.90. The van der Waals surface area contributed by atoms with Gasteiger partial charge in [0.15, 0.2) is 4.96 Å². The van der Waals surface area contributed by atoms with E-state index in [0.29, 0.717) is 4.96 Å². The summed E-state index contributed by atoms with van der Waals surface area (Å²) >= 11 is 2.95. The highest BCUT2D eigenvalue weighted by atomic mass is 32.1. The largest absolute Gasteiger partial charge is 0.269 e. The molecule has 3 heterocycles. The summed E-state index contributed by atoms with van der Waals surface area (Å²) in [6.45, 7) is 0. The maximum Gasteiger partial charge on any atom is 0.259 e. The van der Waals surface area contributed by atoms with Crippen LogP contribution in [0, 0.1) is 0 Å². The van der Waals surface area contributed by atoms with Gasteiger partial charge in [0, 0.05) is 23.0 Å². The molecule has 3 aromatic heterocycles. The highest BCUT2D eigenvalue weighted by Gasteiger charge is 2.09. The van der Waals surface area contributed by atoms with Gasteiger partial charge in [0.2, 0.25) is 0 Å². The number of rotatable bonds is 1. The standard InChI is InChI=1S/C9H5N3OS2/c13-8-1-2-10-9-12(8)7(4-15-9)6-3-14-5-11-6/h1-5H. The molecule has 0 aliphatic carbocycles. The lowest BCUT2D eigenvalue weighted by atomic mass is 10.4. The molecule has 0 bridgehead atoms. The van der Waals surface area contributed by atoms with E-state index in [1.165, 1.54) is 34.9 Å². The maximum atomic E-state index is 11.7. The van der Waals surface area contributed by atoms with Crippen molar-refractivity contribution in [3.63, 3.8) is 0 Å². The second-order valence-electron chi connectivity index (χ2n) is 2.90. The van der Waals surface area contributed by atoms with Crippen LogP contribution in [0.3, 0.4) is 0 Å². The number of fused-ring (bicyclic) bond motifs is 1. The van der Waals surface area contributed by atoms with Crippen LogP contribution in [-0.4, -0.2) is 14.4 Å². The summed E-state index contributed by atoms with van der Waals surface area (Å²) in [6.07, 6.45) is 1.53. The van der Waals surface area contributed by atoms with E-state index in [9.17, 15) is 4.79 Å². The van der Waals surface area contributed by atoms with Gasteiger partial charge in [-0.15, -0.1) is 22.7 Å². The van der Waals surface area contributed by atoms with E-state index in [-0.39, 0.29) is 5.56 Å². The third-order valence-corrected chi connectivity index (χ3v) is 3.45. The van der Waals surface area contributed by atoms with Crippen molar-refractivity contribution < 1.29 is 0 Å². The summed E-state index contributed by atoms with van der Waals surface area (Å²) in [7, 11) is 0. The van der Waals surface area contributed by atoms with Crippen molar-refractivity contribution in [1.29, 1.82) is 0 Å². The van der Waals surface area contributed by atoms with Crippen LogP contribution >= 0.6 is 22.7 Å². The van der Waals surface area contributed by atoms with Crippen LogP contribution in [0.2, 0.25) is 0 Å². The lowest BCUT2D eigenvalue weighted by Crippen LogP contribution is -2.11. The van der Waals surface area contributed by atoms with Gasteiger partial charge in [0.25, 0.3) is 5.56 Å². The summed E-state index contributed by atoms with van der Waals surface area (Å²) in [4.78, 5) is 20.7. The van der Waals surface area contributed by atoms with Gasteiger partial charge in [-0.3, -0.25) is 4.79 Å². The van der Waals surface area contributed by atoms with Crippen molar-refractivity contribution in [3.8, 4) is 11.4 Å². The van der Waals surface area contributed by atoms with E-state index in [1.807, 2.05) is 10.8 Å². The van der Waals surface area contributed by atoms with Gasteiger partial charge in [-0.05, 0) is 0 Å². The number of thiazole rings is 2. The molecule has 0 spiro atoms. The number of hydrogen-bond acceptors (Lipinski definition) is 5. The van der Waals surface area contributed by atoms with Crippen molar-refractivity contribution in [2.75, 3.05) is 0 Å². The van der Waals surface area contributed by atoms with E-state index >= 15 is 0 Å². The van der Waals surface area contributed by atoms with E-state index in [0.717, 1.165) is 11.4 Å². The summed E-state index contributed by atoms with van der Waals surface area (Å²) in [5.41, 5.74) is 3.32. The van der Waals surface area contributed by atoms with Gasteiger partial charge >= 0.3 is 0 Å². The van der Waals surface area contributed by atoms with Crippen LogP contribution in [0.15, 0.2) is 33.3 Å². The minimum absolute atomic E-state index is 0.0655. The monoisotopic (exact) mass is 235 g/mol. The van der Waals surface area contributed by atoms with Crippen LogP contribution in [-0.2, 0) is 0 Å². The summed E-state index contributed by atoms with van der Waals surface area (Å²) < 4.78 is 1.58. The van der Waals surface area contributed by atoms with Crippen molar-refractivity contribution in [2.45, 2.75) is 0 Å². The molecule has 0 aliphatic rings. The van der Waals surface area contributed by atoms with Crippen LogP contribution in [0.1, 0.15) is 0 Å². The molecule has 15 heavy (non-hydrogen) atoms. The third kappa shape index (κ3) is 1.30. The number of hydrogen-bond donors (Lipinski definition) is 0. The first-order valence-corrected chi connectivity index (χ1v) is 6.02. The molecule has 0 saturated carbocycles. The first kappa shape index (κ1) is 8.75. The molecule has 4 nitrogen and oxygen atoms in total. The molecular weight excluding hydrogens is 230 g/mol. The molecule has 3 aromatic rings. The number of nitrogens with zero attached hydrogens (tertiary/aromatic N) is 3. The third-order valence-electron chi connectivity index (χ3n) is 2.03. The Hall–Kier alpha value is -1.53. The average molecular weight is 235 g/mol. The van der Waals surface area contributed by atoms with Gasteiger partial charge in [0.1, 0.15) is 0 Å². The molecular formula is C9H5N3OS2. The fourth-order valence-electron chi connectivity index (χ4n) is 1.37. The van der Waals surface area contributed by atoms with Gasteiger partial charge in [-0.1, -0.05) is 0 Å². The molecule has 0 saturated heterocycles. The molecule has 0 atom stereocenters. The molecule has 3 rings (SSSR count). The first-order chi connectivity index (χ1) is 7.36. The van der Waals surface area contributed by atoms with Gasteiger partial charge in [-0.2, -0.15) is 0 Å². The molecule has 0 amide bonds. The normalized spacial score (nSPS) is 10.9. The molecule has 0 N–H and O–H groups in total. The molecule has 74 valence electrons. The smallest absolute Gasteiger partial charge is 0.259 e. The van der Waals surface area contributed by atoms with Crippen LogP contribution in [0.5, 0.6) is 0 Å². The zero-order chi connectivity index (χ0) is 10.3. The Morgan fingerprint density at radius 2 is 2.20 bits per heavy atom. The average Bonchev–Trinajstić information content (AvgIpc) is 2.85. The number of aromatic nitrogens is 3. The molecule has 6 heteroatoms. The summed E-state index contributed by atoms with van der Waals surface area (Å²) in [6, 6.07) is 1.45. The van der Waals surface area contributed by atoms with E-state index in [4.69, 9.17) is 0 Å². The topological polar surface area (TPSA) is 47.3 Å². The highest BCUT2D eigenvalue weighted by Crippen LogP contribution is 2.22. The van der Waals surface area contributed by atoms with Crippen molar-refractivity contribution in [3.05, 3.63) is 38.9 Å². The Balaban J connectivity index is 2.43. The van der Waals surface area contributed by atoms with Crippen molar-refractivity contribution in [2.24, 2.45) is 0 Å². The zero-order valence-electron chi connectivity index (χ0n) is 7.45. The van der Waals surface area contributed by atoms with Gasteiger partial charge < -0.3 is 0 Å². The molecule has 0 aliphatic heterocycles. The predicted molar refractivity (Wildman–Crippen MR) is 60.4 cm³/mol. The Bertz CT molecular complexity index is 653. The highest BCUT2D eigenvalue weighted by molar-refractivity contribution is 7.15. The van der Waals surface area contributed by atoms with Crippen LogP contribution in [0.25, 0.3) is 16.3 Å². The Labute approximate surface area is 92.5 Å². The lowest BCUT2D eigenvalue weighted by Gasteiger charge is -1.95. The quantitative estimate of drug-likeness (QED) is 0.647. The van der Waals surface area contributed by atoms with Gasteiger partial charge in [-0.25, -0.2) is 14.4 Å². The minimum atomic E-state index is -0.0655. The Morgan fingerprint density at radius 3 is 3.00 bits per heavy atom. The second kappa shape index (κ2) is 3.25. The van der Waals surface area contributed by atoms with Crippen LogP contribution < -0.4 is 5.56 Å². The predicted octanol–water partition coefficient (Wildman–Crippen LogP) is 1.88. The summed E-state index contributed by atoms with van der Waals surface area (Å²) in [5.74, 6) is 0. The second-order valence-corrected chi connectivity index (χ2v) is 4.45. The molecule has 0 unspecified atom stereocenters. The molecule has 0 aromatic carbocycles. The Morgan fingerprint density at radius 1 is 1.27 bits per heavy atom. The maximum absolute atomic E-state index is 11.7. The zero-order valence-corrected chi connectivity index (χ0v) is 9.09. The van der Waals surface area contributed by atoms with Crippen molar-refractivity contribution in [1.82, 2.24) is 14.4 Å². The van der Waals surface area contributed by atoms with E-state index in [1.54, 1.807) is 9.91 Å².